The smallest absolute Gasteiger partial charge is 0.224 e. The van der Waals surface area contributed by atoms with Crippen LogP contribution in [0, 0.1) is 0 Å². The number of methoxy groups -OCH3 is 1. The second-order valence-electron chi connectivity index (χ2n) is 6.79. The fourth-order valence-electron chi connectivity index (χ4n) is 3.71. The minimum Gasteiger partial charge on any atom is -0.383 e. The fraction of sp³-hybridized carbons (Fsp3) is 0.550. The lowest BCUT2D eigenvalue weighted by Crippen LogP contribution is -2.35. The van der Waals surface area contributed by atoms with E-state index in [0.717, 1.165) is 24.9 Å². The summed E-state index contributed by atoms with van der Waals surface area (Å²) >= 11 is 0. The Morgan fingerprint density at radius 1 is 1.21 bits per heavy atom. The maximum Gasteiger partial charge on any atom is 0.224 e. The second kappa shape index (κ2) is 8.34. The lowest BCUT2D eigenvalue weighted by Gasteiger charge is -2.16. The summed E-state index contributed by atoms with van der Waals surface area (Å²) < 4.78 is 7.38. The molecule has 2 aromatic rings. The highest BCUT2D eigenvalue weighted by molar-refractivity contribution is 5.89. The van der Waals surface area contributed by atoms with E-state index in [1.165, 1.54) is 36.6 Å². The summed E-state index contributed by atoms with van der Waals surface area (Å²) in [4.78, 5) is 12.5. The fourth-order valence-corrected chi connectivity index (χ4v) is 3.71. The Bertz CT molecular complexity index is 669. The van der Waals surface area contributed by atoms with Crippen molar-refractivity contribution >= 4 is 16.8 Å². The molecular weight excluding hydrogens is 300 g/mol. The number of ether oxygens (including phenoxy) is 1. The molecule has 0 atom stereocenters. The Balaban J connectivity index is 1.70. The molecule has 0 aliphatic heterocycles. The van der Waals surface area contributed by atoms with Gasteiger partial charge in [0.25, 0.3) is 0 Å². The summed E-state index contributed by atoms with van der Waals surface area (Å²) in [6.07, 6.45) is 9.90. The highest BCUT2D eigenvalue weighted by atomic mass is 16.5. The Morgan fingerprint density at radius 3 is 2.71 bits per heavy atom. The zero-order valence-corrected chi connectivity index (χ0v) is 14.6. The van der Waals surface area contributed by atoms with E-state index in [9.17, 15) is 4.79 Å². The van der Waals surface area contributed by atoms with Crippen molar-refractivity contribution in [3.05, 3.63) is 36.0 Å². The van der Waals surface area contributed by atoms with E-state index in [2.05, 4.69) is 28.2 Å². The number of carbonyl (C=O) groups is 1. The van der Waals surface area contributed by atoms with Crippen LogP contribution in [-0.4, -0.2) is 30.2 Å². The molecule has 0 unspecified atom stereocenters. The quantitative estimate of drug-likeness (QED) is 0.822. The van der Waals surface area contributed by atoms with E-state index >= 15 is 0 Å². The molecule has 3 rings (SSSR count). The zero-order valence-electron chi connectivity index (χ0n) is 14.6. The molecular formula is C20H28N2O2. The summed E-state index contributed by atoms with van der Waals surface area (Å²) in [5, 5.41) is 4.42. The number of nitrogens with one attached hydrogen (secondary N) is 1. The first-order valence-electron chi connectivity index (χ1n) is 9.13. The number of rotatable bonds is 6. The van der Waals surface area contributed by atoms with Crippen LogP contribution in [0.1, 0.15) is 44.1 Å². The van der Waals surface area contributed by atoms with Crippen molar-refractivity contribution in [3.8, 4) is 0 Å². The number of amides is 1. The number of benzene rings is 1. The summed E-state index contributed by atoms with van der Waals surface area (Å²) in [6.45, 7) is 1.48. The topological polar surface area (TPSA) is 43.3 Å². The van der Waals surface area contributed by atoms with Crippen LogP contribution in [0.5, 0.6) is 0 Å². The maximum atomic E-state index is 12.5. The first kappa shape index (κ1) is 17.0. The minimum atomic E-state index is 0.150. The van der Waals surface area contributed by atoms with E-state index in [1.54, 1.807) is 7.11 Å². The molecule has 0 radical (unpaired) electrons. The van der Waals surface area contributed by atoms with E-state index in [0.29, 0.717) is 19.1 Å². The predicted molar refractivity (Wildman–Crippen MR) is 97.2 cm³/mol. The standard InChI is InChI=1S/C20H28N2O2/c1-24-13-12-22-15-16(18-10-6-7-11-19(18)22)14-20(23)21-17-8-4-2-3-5-9-17/h6-7,10-11,15,17H,2-5,8-9,12-14H2,1H3,(H,21,23). The van der Waals surface area contributed by atoms with Gasteiger partial charge in [-0.15, -0.1) is 0 Å². The van der Waals surface area contributed by atoms with Crippen molar-refractivity contribution in [2.75, 3.05) is 13.7 Å². The Morgan fingerprint density at radius 2 is 1.96 bits per heavy atom. The second-order valence-corrected chi connectivity index (χ2v) is 6.79. The average Bonchev–Trinajstić information content (AvgIpc) is 2.75. The molecule has 1 aromatic heterocycles. The van der Waals surface area contributed by atoms with E-state index in [1.807, 2.05) is 12.1 Å². The molecule has 1 heterocycles. The Labute approximate surface area is 144 Å². The van der Waals surface area contributed by atoms with Crippen LogP contribution in [0.25, 0.3) is 10.9 Å². The molecule has 1 saturated carbocycles. The highest BCUT2D eigenvalue weighted by Crippen LogP contribution is 2.22. The number of para-hydroxylation sites is 1. The van der Waals surface area contributed by atoms with Crippen LogP contribution in [-0.2, 0) is 22.5 Å². The molecule has 1 aromatic carbocycles. The zero-order chi connectivity index (χ0) is 16.8. The summed E-state index contributed by atoms with van der Waals surface area (Å²) in [5.74, 6) is 0.150. The van der Waals surface area contributed by atoms with Crippen LogP contribution < -0.4 is 5.32 Å². The van der Waals surface area contributed by atoms with E-state index < -0.39 is 0 Å². The molecule has 1 N–H and O–H groups in total. The molecule has 0 bridgehead atoms. The van der Waals surface area contributed by atoms with Gasteiger partial charge in [-0.2, -0.15) is 0 Å². The maximum absolute atomic E-state index is 12.5. The molecule has 1 amide bonds. The average molecular weight is 328 g/mol. The number of fused-ring (bicyclic) bond motifs is 1. The van der Waals surface area contributed by atoms with Crippen molar-refractivity contribution in [2.45, 2.75) is 57.5 Å². The monoisotopic (exact) mass is 328 g/mol. The molecule has 0 spiro atoms. The van der Waals surface area contributed by atoms with Gasteiger partial charge in [0.15, 0.2) is 0 Å². The molecule has 1 aliphatic carbocycles. The van der Waals surface area contributed by atoms with Gasteiger partial charge in [0, 0.05) is 36.8 Å². The molecule has 1 aliphatic rings. The predicted octanol–water partition coefficient (Wildman–Crippen LogP) is 3.67. The van der Waals surface area contributed by atoms with Gasteiger partial charge in [0.05, 0.1) is 13.0 Å². The van der Waals surface area contributed by atoms with Crippen LogP contribution >= 0.6 is 0 Å². The van der Waals surface area contributed by atoms with Gasteiger partial charge in [0.1, 0.15) is 0 Å². The Hall–Kier alpha value is -1.81. The first-order valence-corrected chi connectivity index (χ1v) is 9.13. The van der Waals surface area contributed by atoms with Gasteiger partial charge in [-0.05, 0) is 24.5 Å². The normalized spacial score (nSPS) is 16.2. The summed E-state index contributed by atoms with van der Waals surface area (Å²) in [5.41, 5.74) is 2.28. The number of hydrogen-bond donors (Lipinski definition) is 1. The molecule has 1 fully saturated rings. The van der Waals surface area contributed by atoms with Crippen molar-refractivity contribution in [1.82, 2.24) is 9.88 Å². The lowest BCUT2D eigenvalue weighted by molar-refractivity contribution is -0.121. The third-order valence-electron chi connectivity index (χ3n) is 4.98. The molecule has 4 heteroatoms. The third-order valence-corrected chi connectivity index (χ3v) is 4.98. The first-order chi connectivity index (χ1) is 11.8. The van der Waals surface area contributed by atoms with Crippen LogP contribution in [0.4, 0.5) is 0 Å². The number of carbonyl (C=O) groups excluding carboxylic acids is 1. The molecule has 4 nitrogen and oxygen atoms in total. The highest BCUT2D eigenvalue weighted by Gasteiger charge is 2.16. The number of hydrogen-bond acceptors (Lipinski definition) is 2. The summed E-state index contributed by atoms with van der Waals surface area (Å²) in [7, 11) is 1.72. The van der Waals surface area contributed by atoms with Gasteiger partial charge < -0.3 is 14.6 Å². The minimum absolute atomic E-state index is 0.150. The van der Waals surface area contributed by atoms with Gasteiger partial charge in [-0.25, -0.2) is 0 Å². The number of aromatic nitrogens is 1. The summed E-state index contributed by atoms with van der Waals surface area (Å²) in [6, 6.07) is 8.66. The SMILES string of the molecule is COCCn1cc(CC(=O)NC2CCCCCC2)c2ccccc21. The van der Waals surface area contributed by atoms with Crippen LogP contribution in [0.15, 0.2) is 30.5 Å². The van der Waals surface area contributed by atoms with E-state index in [-0.39, 0.29) is 5.91 Å². The van der Waals surface area contributed by atoms with Crippen molar-refractivity contribution in [2.24, 2.45) is 0 Å². The van der Waals surface area contributed by atoms with Crippen molar-refractivity contribution < 1.29 is 9.53 Å². The lowest BCUT2D eigenvalue weighted by atomic mass is 10.1. The Kier molecular flexibility index (Phi) is 5.91. The van der Waals surface area contributed by atoms with Gasteiger partial charge in [-0.3, -0.25) is 4.79 Å². The molecule has 130 valence electrons. The molecule has 0 saturated heterocycles. The molecule has 24 heavy (non-hydrogen) atoms. The van der Waals surface area contributed by atoms with E-state index in [4.69, 9.17) is 4.74 Å². The van der Waals surface area contributed by atoms with Crippen molar-refractivity contribution in [1.29, 1.82) is 0 Å². The van der Waals surface area contributed by atoms with Crippen LogP contribution in [0.2, 0.25) is 0 Å². The van der Waals surface area contributed by atoms with Gasteiger partial charge >= 0.3 is 0 Å². The largest absolute Gasteiger partial charge is 0.383 e. The van der Waals surface area contributed by atoms with Gasteiger partial charge in [0.2, 0.25) is 5.91 Å². The van der Waals surface area contributed by atoms with Gasteiger partial charge in [-0.1, -0.05) is 43.9 Å². The van der Waals surface area contributed by atoms with Crippen LogP contribution in [0.3, 0.4) is 0 Å². The third kappa shape index (κ3) is 4.18. The number of nitrogens with zero attached hydrogens (tertiary/aromatic N) is 1. The van der Waals surface area contributed by atoms with Crippen molar-refractivity contribution in [3.63, 3.8) is 0 Å².